The lowest BCUT2D eigenvalue weighted by Crippen LogP contribution is -2.45. The number of ether oxygens (including phenoxy) is 1. The Balaban J connectivity index is 0.00000562. The molecule has 0 spiro atoms. The van der Waals surface area contributed by atoms with Gasteiger partial charge in [-0.15, -0.1) is 23.7 Å². The molecular formula is C35H35Cl2N7O4S2. The molecule has 2 aromatic carbocycles. The number of aliphatic carboxylic acids is 1. The Labute approximate surface area is 310 Å². The molecule has 1 amide bonds. The van der Waals surface area contributed by atoms with Gasteiger partial charge in [-0.25, -0.2) is 14.8 Å². The molecule has 11 nitrogen and oxygen atoms in total. The molecule has 50 heavy (non-hydrogen) atoms. The van der Waals surface area contributed by atoms with E-state index in [0.29, 0.717) is 49.6 Å². The zero-order valence-electron chi connectivity index (χ0n) is 27.2. The Morgan fingerprint density at radius 1 is 1.08 bits per heavy atom. The molecule has 1 fully saturated rings. The molecule has 4 aromatic rings. The van der Waals surface area contributed by atoms with E-state index in [1.807, 2.05) is 29.6 Å². The van der Waals surface area contributed by atoms with Gasteiger partial charge in [0.1, 0.15) is 52.0 Å². The minimum Gasteiger partial charge on any atom is -0.492 e. The number of thiazole rings is 1. The Morgan fingerprint density at radius 3 is 2.36 bits per heavy atom. The summed E-state index contributed by atoms with van der Waals surface area (Å²) in [6.07, 6.45) is 2.01. The summed E-state index contributed by atoms with van der Waals surface area (Å²) in [5, 5.41) is 34.3. The minimum absolute atomic E-state index is 0. The molecule has 0 radical (unpaired) electrons. The minimum atomic E-state index is -1.12. The smallest absolute Gasteiger partial charge is 0.326 e. The Bertz CT molecular complexity index is 1890. The number of pyridine rings is 1. The summed E-state index contributed by atoms with van der Waals surface area (Å²) in [6, 6.07) is 18.2. The van der Waals surface area contributed by atoms with Gasteiger partial charge in [0, 0.05) is 53.3 Å². The lowest BCUT2D eigenvalue weighted by Gasteiger charge is -2.26. The summed E-state index contributed by atoms with van der Waals surface area (Å²) < 4.78 is 5.87. The molecule has 2 aromatic heterocycles. The molecule has 15 heteroatoms. The van der Waals surface area contributed by atoms with E-state index in [1.165, 1.54) is 34.9 Å². The van der Waals surface area contributed by atoms with Crippen LogP contribution in [0.3, 0.4) is 0 Å². The van der Waals surface area contributed by atoms with Crippen molar-refractivity contribution in [2.45, 2.75) is 43.0 Å². The van der Waals surface area contributed by atoms with Gasteiger partial charge in [0.05, 0.1) is 17.8 Å². The SMILES string of the molecule is C[C@@H](C(=O)O)N(CCOc1ccc(-c2c(C#N)c(SCc3csc(-c4ccc(Cl)cc4)n3)nc(N3CCCC3)c2C#N)cc1)C(=O)CCN.Cl. The maximum atomic E-state index is 12.5. The van der Waals surface area contributed by atoms with E-state index in [9.17, 15) is 25.2 Å². The molecule has 0 bridgehead atoms. The monoisotopic (exact) mass is 751 g/mol. The van der Waals surface area contributed by atoms with Crippen molar-refractivity contribution >= 4 is 64.8 Å². The van der Waals surface area contributed by atoms with Crippen molar-refractivity contribution in [3.63, 3.8) is 0 Å². The molecule has 1 aliphatic heterocycles. The largest absolute Gasteiger partial charge is 0.492 e. The molecule has 0 aliphatic carbocycles. The number of amides is 1. The summed E-state index contributed by atoms with van der Waals surface area (Å²) in [7, 11) is 0. The van der Waals surface area contributed by atoms with Crippen molar-refractivity contribution in [1.29, 1.82) is 10.5 Å². The summed E-state index contributed by atoms with van der Waals surface area (Å²) in [4.78, 5) is 37.0. The van der Waals surface area contributed by atoms with Gasteiger partial charge >= 0.3 is 5.97 Å². The molecule has 0 unspecified atom stereocenters. The molecule has 5 rings (SSSR count). The van der Waals surface area contributed by atoms with E-state index in [0.717, 1.165) is 42.2 Å². The van der Waals surface area contributed by atoms with Crippen molar-refractivity contribution in [2.75, 3.05) is 37.7 Å². The molecule has 1 saturated heterocycles. The number of thioether (sulfide) groups is 1. The fourth-order valence-corrected chi connectivity index (χ4v) is 7.40. The van der Waals surface area contributed by atoms with E-state index in [4.69, 9.17) is 32.0 Å². The van der Waals surface area contributed by atoms with Crippen LogP contribution < -0.4 is 15.4 Å². The van der Waals surface area contributed by atoms with Crippen LogP contribution in [-0.4, -0.2) is 70.7 Å². The molecule has 3 heterocycles. The lowest BCUT2D eigenvalue weighted by atomic mass is 9.96. The van der Waals surface area contributed by atoms with Crippen LogP contribution in [-0.2, 0) is 15.3 Å². The first-order valence-electron chi connectivity index (χ1n) is 15.7. The summed E-state index contributed by atoms with van der Waals surface area (Å²) >= 11 is 8.99. The van der Waals surface area contributed by atoms with Gasteiger partial charge in [0.2, 0.25) is 5.91 Å². The first kappa shape index (κ1) is 38.4. The summed E-state index contributed by atoms with van der Waals surface area (Å²) in [5.74, 6) is 0.0505. The molecule has 0 saturated carbocycles. The van der Waals surface area contributed by atoms with Gasteiger partial charge in [-0.3, -0.25) is 4.79 Å². The number of carboxylic acid groups (broad SMARTS) is 1. The number of benzene rings is 2. The molecule has 1 atom stereocenters. The molecule has 1 aliphatic rings. The highest BCUT2D eigenvalue weighted by Gasteiger charge is 2.27. The summed E-state index contributed by atoms with van der Waals surface area (Å²) in [6.45, 7) is 3.22. The fourth-order valence-electron chi connectivity index (χ4n) is 5.47. The van der Waals surface area contributed by atoms with Crippen LogP contribution in [0.2, 0.25) is 5.02 Å². The lowest BCUT2D eigenvalue weighted by molar-refractivity contribution is -0.149. The highest BCUT2D eigenvalue weighted by molar-refractivity contribution is 7.98. The number of anilines is 1. The Hall–Kier alpha value is -4.37. The fraction of sp³-hybridized carbons (Fsp3) is 0.314. The van der Waals surface area contributed by atoms with Crippen LogP contribution >= 0.6 is 47.1 Å². The van der Waals surface area contributed by atoms with Crippen LogP contribution in [0.5, 0.6) is 5.75 Å². The molecular weight excluding hydrogens is 717 g/mol. The van der Waals surface area contributed by atoms with Crippen molar-refractivity contribution in [3.8, 4) is 39.6 Å². The second-order valence-corrected chi connectivity index (χ2v) is 13.5. The normalized spacial score (nSPS) is 12.8. The van der Waals surface area contributed by atoms with E-state index in [2.05, 4.69) is 17.0 Å². The van der Waals surface area contributed by atoms with Crippen molar-refractivity contribution in [1.82, 2.24) is 14.9 Å². The number of nitrogens with two attached hydrogens (primary N) is 1. The highest BCUT2D eigenvalue weighted by atomic mass is 35.5. The third-order valence-electron chi connectivity index (χ3n) is 8.02. The van der Waals surface area contributed by atoms with Gasteiger partial charge in [0.15, 0.2) is 0 Å². The van der Waals surface area contributed by atoms with Gasteiger partial charge in [0.25, 0.3) is 0 Å². The van der Waals surface area contributed by atoms with E-state index < -0.39 is 12.0 Å². The summed E-state index contributed by atoms with van der Waals surface area (Å²) in [5.41, 5.74) is 9.14. The van der Waals surface area contributed by atoms with Crippen molar-refractivity contribution in [2.24, 2.45) is 5.73 Å². The number of hydrogen-bond acceptors (Lipinski definition) is 11. The number of hydrogen-bond donors (Lipinski definition) is 2. The number of halogens is 2. The number of carboxylic acids is 1. The first-order chi connectivity index (χ1) is 23.7. The number of carbonyl (C=O) groups is 2. The third-order valence-corrected chi connectivity index (χ3v) is 10.2. The number of aromatic nitrogens is 2. The van der Waals surface area contributed by atoms with Gasteiger partial charge < -0.3 is 25.4 Å². The van der Waals surface area contributed by atoms with Gasteiger partial charge in [-0.05, 0) is 49.6 Å². The quantitative estimate of drug-likeness (QED) is 0.133. The predicted molar refractivity (Wildman–Crippen MR) is 198 cm³/mol. The number of nitriles is 2. The van der Waals surface area contributed by atoms with Crippen LogP contribution in [0, 0.1) is 22.7 Å². The highest BCUT2D eigenvalue weighted by Crippen LogP contribution is 2.40. The van der Waals surface area contributed by atoms with E-state index >= 15 is 0 Å². The van der Waals surface area contributed by atoms with E-state index in [-0.39, 0.29) is 44.4 Å². The maximum Gasteiger partial charge on any atom is 0.326 e. The van der Waals surface area contributed by atoms with Crippen molar-refractivity contribution in [3.05, 3.63) is 75.8 Å². The van der Waals surface area contributed by atoms with Crippen LogP contribution in [0.25, 0.3) is 21.7 Å². The molecule has 260 valence electrons. The standard InChI is InChI=1S/C35H34ClN7O4S2.ClH/c1-22(35(45)46)43(30(44)12-13-37)16-17-47-27-10-6-23(7-11-27)31-28(18-38)32(42-14-2-3-15-42)41-34(29(31)19-39)49-21-26-20-48-33(40-26)24-4-8-25(36)9-5-24;/h4-11,20,22H,2-3,12-17,21,37H2,1H3,(H,45,46);1H/t22-;/m0./s1. The molecule has 3 N–H and O–H groups in total. The number of rotatable bonds is 14. The zero-order chi connectivity index (χ0) is 34.9. The maximum absolute atomic E-state index is 12.5. The Kier molecular flexibility index (Phi) is 13.9. The average molecular weight is 753 g/mol. The van der Waals surface area contributed by atoms with Crippen LogP contribution in [0.15, 0.2) is 58.9 Å². The van der Waals surface area contributed by atoms with Gasteiger partial charge in [-0.2, -0.15) is 10.5 Å². The second-order valence-electron chi connectivity index (χ2n) is 11.2. The first-order valence-corrected chi connectivity index (χ1v) is 17.9. The van der Waals surface area contributed by atoms with Crippen molar-refractivity contribution < 1.29 is 19.4 Å². The average Bonchev–Trinajstić information content (AvgIpc) is 3.82. The second kappa shape index (κ2) is 18.0. The Morgan fingerprint density at radius 2 is 1.74 bits per heavy atom. The number of nitrogens with zero attached hydrogens (tertiary/aromatic N) is 6. The van der Waals surface area contributed by atoms with Gasteiger partial charge in [-0.1, -0.05) is 47.6 Å². The predicted octanol–water partition coefficient (Wildman–Crippen LogP) is 6.61. The van der Waals surface area contributed by atoms with Crippen LogP contribution in [0.4, 0.5) is 5.82 Å². The van der Waals surface area contributed by atoms with E-state index in [1.54, 1.807) is 24.3 Å². The zero-order valence-corrected chi connectivity index (χ0v) is 30.4. The number of carbonyl (C=O) groups excluding carboxylic acids is 1. The third kappa shape index (κ3) is 9.04. The topological polar surface area (TPSA) is 169 Å². The van der Waals surface area contributed by atoms with Crippen LogP contribution in [0.1, 0.15) is 43.0 Å².